The molecule has 2 aliphatic carbocycles. The maximum atomic E-state index is 12.9. The molecule has 5 atom stereocenters. The highest BCUT2D eigenvalue weighted by Crippen LogP contribution is 2.63. The van der Waals surface area contributed by atoms with Crippen LogP contribution in [0.2, 0.25) is 0 Å². The molecule has 1 amide bonds. The largest absolute Gasteiger partial charge is 0.378 e. The van der Waals surface area contributed by atoms with Gasteiger partial charge in [-0.25, -0.2) is 0 Å². The molecule has 2 aromatic rings. The van der Waals surface area contributed by atoms with E-state index in [0.717, 1.165) is 23.2 Å². The summed E-state index contributed by atoms with van der Waals surface area (Å²) in [5.74, 6) is 3.77. The zero-order chi connectivity index (χ0) is 21.6. The number of fused-ring (bicyclic) bond motifs is 7. The Morgan fingerprint density at radius 2 is 1.87 bits per heavy atom. The Labute approximate surface area is 190 Å². The number of hydrogen-bond acceptors (Lipinski definition) is 3. The van der Waals surface area contributed by atoms with Crippen LogP contribution in [-0.2, 0) is 0 Å². The minimum absolute atomic E-state index is 0.0576. The lowest BCUT2D eigenvalue weighted by Crippen LogP contribution is -2.36. The predicted octanol–water partition coefficient (Wildman–Crippen LogP) is 6.24. The summed E-state index contributed by atoms with van der Waals surface area (Å²) in [5, 5.41) is 7.00. The molecule has 2 fully saturated rings. The second-order valence-electron chi connectivity index (χ2n) is 10.5. The Kier molecular flexibility index (Phi) is 5.54. The van der Waals surface area contributed by atoms with Gasteiger partial charge in [-0.1, -0.05) is 51.1 Å². The molecule has 4 heteroatoms. The normalized spacial score (nSPS) is 28.5. The number of nitrogens with one attached hydrogen (secondary N) is 2. The van der Waals surface area contributed by atoms with E-state index < -0.39 is 0 Å². The van der Waals surface area contributed by atoms with Gasteiger partial charge in [0.2, 0.25) is 0 Å². The lowest BCUT2D eigenvalue weighted by molar-refractivity contribution is 0.0956. The van der Waals surface area contributed by atoms with Gasteiger partial charge >= 0.3 is 0 Å². The van der Waals surface area contributed by atoms with Gasteiger partial charge in [0, 0.05) is 28.3 Å². The minimum Gasteiger partial charge on any atom is -0.378 e. The molecule has 0 saturated heterocycles. The summed E-state index contributed by atoms with van der Waals surface area (Å²) < 4.78 is 0.230. The maximum absolute atomic E-state index is 12.9. The molecule has 31 heavy (non-hydrogen) atoms. The van der Waals surface area contributed by atoms with Crippen LogP contribution in [0.4, 0.5) is 5.69 Å². The van der Waals surface area contributed by atoms with E-state index in [1.165, 1.54) is 36.1 Å². The van der Waals surface area contributed by atoms with Crippen molar-refractivity contribution in [3.63, 3.8) is 0 Å². The van der Waals surface area contributed by atoms with Crippen molar-refractivity contribution in [1.29, 1.82) is 0 Å². The van der Waals surface area contributed by atoms with Crippen LogP contribution in [0.3, 0.4) is 0 Å². The summed E-state index contributed by atoms with van der Waals surface area (Å²) in [4.78, 5) is 12.9. The molecular formula is C27H34N2OS. The highest BCUT2D eigenvalue weighted by atomic mass is 32.2. The van der Waals surface area contributed by atoms with Gasteiger partial charge < -0.3 is 10.6 Å². The van der Waals surface area contributed by atoms with E-state index in [9.17, 15) is 4.79 Å². The van der Waals surface area contributed by atoms with Gasteiger partial charge in [0.15, 0.2) is 0 Å². The van der Waals surface area contributed by atoms with Gasteiger partial charge in [-0.15, -0.1) is 0 Å². The van der Waals surface area contributed by atoms with Crippen molar-refractivity contribution in [3.8, 4) is 0 Å². The van der Waals surface area contributed by atoms with Crippen molar-refractivity contribution in [2.45, 2.75) is 56.7 Å². The van der Waals surface area contributed by atoms with Crippen LogP contribution < -0.4 is 10.6 Å². The van der Waals surface area contributed by atoms with E-state index in [-0.39, 0.29) is 10.7 Å². The molecule has 2 aromatic carbocycles. The van der Waals surface area contributed by atoms with Gasteiger partial charge in [0.05, 0.1) is 6.04 Å². The number of thioether (sulfide) groups is 1. The van der Waals surface area contributed by atoms with Crippen molar-refractivity contribution in [3.05, 3.63) is 65.2 Å². The summed E-state index contributed by atoms with van der Waals surface area (Å²) in [6, 6.07) is 17.6. The van der Waals surface area contributed by atoms with E-state index in [0.29, 0.717) is 24.4 Å². The fourth-order valence-electron chi connectivity index (χ4n) is 6.24. The first-order valence-electron chi connectivity index (χ1n) is 11.8. The number of carbonyl (C=O) groups is 1. The highest BCUT2D eigenvalue weighted by Gasteiger charge is 2.53. The molecule has 2 bridgehead atoms. The Morgan fingerprint density at radius 1 is 1.10 bits per heavy atom. The van der Waals surface area contributed by atoms with Crippen molar-refractivity contribution in [2.75, 3.05) is 17.6 Å². The molecule has 0 radical (unpaired) electrons. The Morgan fingerprint density at radius 3 is 2.65 bits per heavy atom. The first-order chi connectivity index (χ1) is 14.9. The number of rotatable bonds is 5. The summed E-state index contributed by atoms with van der Waals surface area (Å²) in [5.41, 5.74) is 4.80. The first kappa shape index (κ1) is 20.9. The molecule has 1 aliphatic heterocycles. The van der Waals surface area contributed by atoms with Crippen molar-refractivity contribution >= 4 is 23.4 Å². The standard InChI is InChI=1S/C27H34N2OS/c1-27(2,3)31-14-13-28-26(30)20-11-12-22-21(16-20)23-18-9-10-19(15-18)24(23)25(29-22)17-7-5-4-6-8-17/h4-8,11-12,16,18-19,23-25,29H,9-10,13-15H2,1-3H3,(H,28,30)/t18-,19-,23-,24-,25+/m0/s1. The quantitative estimate of drug-likeness (QED) is 0.547. The second-order valence-corrected chi connectivity index (χ2v) is 12.4. The zero-order valence-electron chi connectivity index (χ0n) is 18.9. The van der Waals surface area contributed by atoms with E-state index in [1.807, 2.05) is 17.8 Å². The number of anilines is 1. The van der Waals surface area contributed by atoms with E-state index in [2.05, 4.69) is 73.9 Å². The van der Waals surface area contributed by atoms with Crippen molar-refractivity contribution in [2.24, 2.45) is 17.8 Å². The number of amides is 1. The molecule has 2 N–H and O–H groups in total. The summed E-state index contributed by atoms with van der Waals surface area (Å²) in [6.45, 7) is 7.35. The average Bonchev–Trinajstić information content (AvgIpc) is 3.38. The zero-order valence-corrected chi connectivity index (χ0v) is 19.7. The molecule has 164 valence electrons. The van der Waals surface area contributed by atoms with Gasteiger partial charge in [-0.2, -0.15) is 11.8 Å². The number of hydrogen-bond donors (Lipinski definition) is 2. The molecule has 3 nitrogen and oxygen atoms in total. The monoisotopic (exact) mass is 434 g/mol. The van der Waals surface area contributed by atoms with Crippen molar-refractivity contribution in [1.82, 2.24) is 5.32 Å². The topological polar surface area (TPSA) is 41.1 Å². The molecule has 2 saturated carbocycles. The fraction of sp³-hybridized carbons (Fsp3) is 0.519. The van der Waals surface area contributed by atoms with Gasteiger partial charge in [0.25, 0.3) is 5.91 Å². The van der Waals surface area contributed by atoms with Crippen LogP contribution in [-0.4, -0.2) is 23.0 Å². The van der Waals surface area contributed by atoms with Crippen LogP contribution in [0.5, 0.6) is 0 Å². The second kappa shape index (κ2) is 8.20. The third kappa shape index (κ3) is 4.11. The van der Waals surface area contributed by atoms with Gasteiger partial charge in [-0.3, -0.25) is 4.79 Å². The molecule has 0 spiro atoms. The average molecular weight is 435 g/mol. The van der Waals surface area contributed by atoms with Crippen LogP contribution >= 0.6 is 11.8 Å². The Balaban J connectivity index is 1.38. The smallest absolute Gasteiger partial charge is 0.251 e. The lowest BCUT2D eigenvalue weighted by atomic mass is 9.68. The van der Waals surface area contributed by atoms with Crippen LogP contribution in [0.15, 0.2) is 48.5 Å². The SMILES string of the molecule is CC(C)(C)SCCNC(=O)c1ccc2c(c1)[C@@H]1[C@H]3CC[C@@H](C3)[C@@H]1[C@@H](c1ccccc1)N2. The number of carbonyl (C=O) groups excluding carboxylic acids is 1. The summed E-state index contributed by atoms with van der Waals surface area (Å²) >= 11 is 1.89. The molecule has 1 heterocycles. The van der Waals surface area contributed by atoms with E-state index in [4.69, 9.17) is 0 Å². The molecule has 0 aromatic heterocycles. The molecule has 3 aliphatic rings. The maximum Gasteiger partial charge on any atom is 0.251 e. The van der Waals surface area contributed by atoms with Crippen LogP contribution in [0.25, 0.3) is 0 Å². The van der Waals surface area contributed by atoms with Crippen LogP contribution in [0, 0.1) is 17.8 Å². The van der Waals surface area contributed by atoms with Gasteiger partial charge in [0.1, 0.15) is 0 Å². The van der Waals surface area contributed by atoms with Gasteiger partial charge in [-0.05, 0) is 72.3 Å². The molecule has 5 rings (SSSR count). The van der Waals surface area contributed by atoms with Crippen LogP contribution in [0.1, 0.15) is 73.5 Å². The highest BCUT2D eigenvalue weighted by molar-refractivity contribution is 8.00. The molecular weight excluding hydrogens is 400 g/mol. The molecule has 0 unspecified atom stereocenters. The summed E-state index contributed by atoms with van der Waals surface area (Å²) in [7, 11) is 0. The first-order valence-corrected chi connectivity index (χ1v) is 12.8. The third-order valence-corrected chi connectivity index (χ3v) is 8.71. The third-order valence-electron chi connectivity index (χ3n) is 7.43. The Bertz CT molecular complexity index is 951. The van der Waals surface area contributed by atoms with Crippen molar-refractivity contribution < 1.29 is 4.79 Å². The lowest BCUT2D eigenvalue weighted by Gasteiger charge is -2.43. The minimum atomic E-state index is 0.0576. The Hall–Kier alpha value is -1.94. The van der Waals surface area contributed by atoms with E-state index >= 15 is 0 Å². The predicted molar refractivity (Wildman–Crippen MR) is 131 cm³/mol. The number of benzene rings is 2. The van der Waals surface area contributed by atoms with E-state index in [1.54, 1.807) is 0 Å². The summed E-state index contributed by atoms with van der Waals surface area (Å²) in [6.07, 6.45) is 4.05. The fourth-order valence-corrected chi connectivity index (χ4v) is 7.06.